The van der Waals surface area contributed by atoms with Crippen molar-refractivity contribution in [2.24, 2.45) is 0 Å². The van der Waals surface area contributed by atoms with E-state index in [9.17, 15) is 4.79 Å². The van der Waals surface area contributed by atoms with Crippen LogP contribution in [0.25, 0.3) is 0 Å². The van der Waals surface area contributed by atoms with E-state index in [1.54, 1.807) is 7.11 Å². The zero-order chi connectivity index (χ0) is 15.0. The maximum absolute atomic E-state index is 11.6. The summed E-state index contributed by atoms with van der Waals surface area (Å²) in [6, 6.07) is 7.62. The van der Waals surface area contributed by atoms with Gasteiger partial charge in [0.1, 0.15) is 18.1 Å². The standard InChI is InChI=1S/C15H24N2O3/c1-12(2)16-15(18)11-17(3)9-10-20-14-7-5-13(19-4)6-8-14/h5-8,12H,9-11H2,1-4H3,(H,16,18). The highest BCUT2D eigenvalue weighted by atomic mass is 16.5. The normalized spacial score (nSPS) is 10.7. The summed E-state index contributed by atoms with van der Waals surface area (Å²) in [5, 5.41) is 2.86. The highest BCUT2D eigenvalue weighted by Gasteiger charge is 2.07. The van der Waals surface area contributed by atoms with Crippen LogP contribution in [0.5, 0.6) is 11.5 Å². The van der Waals surface area contributed by atoms with Gasteiger partial charge in [-0.15, -0.1) is 0 Å². The Morgan fingerprint density at radius 3 is 2.40 bits per heavy atom. The maximum Gasteiger partial charge on any atom is 0.234 e. The Hall–Kier alpha value is -1.75. The predicted octanol–water partition coefficient (Wildman–Crippen LogP) is 1.53. The summed E-state index contributed by atoms with van der Waals surface area (Å²) in [7, 11) is 3.53. The van der Waals surface area contributed by atoms with E-state index >= 15 is 0 Å². The fourth-order valence-corrected chi connectivity index (χ4v) is 1.68. The van der Waals surface area contributed by atoms with Gasteiger partial charge in [0.15, 0.2) is 0 Å². The lowest BCUT2D eigenvalue weighted by atomic mass is 10.3. The Morgan fingerprint density at radius 1 is 1.25 bits per heavy atom. The summed E-state index contributed by atoms with van der Waals surface area (Å²) in [5.74, 6) is 1.64. The molecule has 0 saturated carbocycles. The second-order valence-electron chi connectivity index (χ2n) is 4.98. The van der Waals surface area contributed by atoms with Gasteiger partial charge in [0.05, 0.1) is 13.7 Å². The van der Waals surface area contributed by atoms with Crippen LogP contribution in [0.2, 0.25) is 0 Å². The topological polar surface area (TPSA) is 50.8 Å². The molecule has 0 bridgehead atoms. The molecule has 0 aromatic heterocycles. The molecular formula is C15H24N2O3. The van der Waals surface area contributed by atoms with Crippen molar-refractivity contribution < 1.29 is 14.3 Å². The van der Waals surface area contributed by atoms with E-state index in [1.807, 2.05) is 50.1 Å². The number of amides is 1. The lowest BCUT2D eigenvalue weighted by molar-refractivity contribution is -0.122. The maximum atomic E-state index is 11.6. The molecule has 0 aliphatic carbocycles. The molecule has 20 heavy (non-hydrogen) atoms. The van der Waals surface area contributed by atoms with Crippen molar-refractivity contribution in [2.45, 2.75) is 19.9 Å². The fourth-order valence-electron chi connectivity index (χ4n) is 1.68. The first-order valence-electron chi connectivity index (χ1n) is 6.76. The number of rotatable bonds is 8. The van der Waals surface area contributed by atoms with Crippen LogP contribution in [0.1, 0.15) is 13.8 Å². The third-order valence-corrected chi connectivity index (χ3v) is 2.66. The van der Waals surface area contributed by atoms with Crippen LogP contribution in [0.3, 0.4) is 0 Å². The van der Waals surface area contributed by atoms with Gasteiger partial charge in [0, 0.05) is 12.6 Å². The largest absolute Gasteiger partial charge is 0.497 e. The highest BCUT2D eigenvalue weighted by Crippen LogP contribution is 2.16. The lowest BCUT2D eigenvalue weighted by Gasteiger charge is -2.17. The molecule has 1 amide bonds. The van der Waals surface area contributed by atoms with Crippen molar-refractivity contribution in [3.05, 3.63) is 24.3 Å². The Morgan fingerprint density at radius 2 is 1.85 bits per heavy atom. The minimum Gasteiger partial charge on any atom is -0.497 e. The fraction of sp³-hybridized carbons (Fsp3) is 0.533. The Labute approximate surface area is 120 Å². The van der Waals surface area contributed by atoms with Crippen LogP contribution in [0.15, 0.2) is 24.3 Å². The van der Waals surface area contributed by atoms with Crippen LogP contribution in [-0.4, -0.2) is 50.7 Å². The molecule has 1 N–H and O–H groups in total. The van der Waals surface area contributed by atoms with Gasteiger partial charge in [0.2, 0.25) is 5.91 Å². The molecular weight excluding hydrogens is 256 g/mol. The first-order chi connectivity index (χ1) is 9.51. The van der Waals surface area contributed by atoms with E-state index in [-0.39, 0.29) is 11.9 Å². The molecule has 0 heterocycles. The number of likely N-dealkylation sites (N-methyl/N-ethyl adjacent to an activating group) is 1. The Balaban J connectivity index is 2.23. The lowest BCUT2D eigenvalue weighted by Crippen LogP contribution is -2.39. The molecule has 1 rings (SSSR count). The van der Waals surface area contributed by atoms with Crippen LogP contribution in [0.4, 0.5) is 0 Å². The van der Waals surface area contributed by atoms with E-state index in [1.165, 1.54) is 0 Å². The average Bonchev–Trinajstić information content (AvgIpc) is 2.38. The van der Waals surface area contributed by atoms with Gasteiger partial charge in [-0.2, -0.15) is 0 Å². The summed E-state index contributed by atoms with van der Waals surface area (Å²) in [4.78, 5) is 13.5. The molecule has 0 aliphatic rings. The van der Waals surface area contributed by atoms with Crippen molar-refractivity contribution in [1.29, 1.82) is 0 Å². The first kappa shape index (κ1) is 16.3. The van der Waals surface area contributed by atoms with E-state index in [0.717, 1.165) is 11.5 Å². The van der Waals surface area contributed by atoms with Crippen molar-refractivity contribution in [3.63, 3.8) is 0 Å². The number of carbonyl (C=O) groups is 1. The summed E-state index contributed by atoms with van der Waals surface area (Å²) in [6.07, 6.45) is 0. The van der Waals surface area contributed by atoms with E-state index in [0.29, 0.717) is 19.7 Å². The number of hydrogen-bond acceptors (Lipinski definition) is 4. The van der Waals surface area contributed by atoms with Crippen molar-refractivity contribution >= 4 is 5.91 Å². The molecule has 0 unspecified atom stereocenters. The van der Waals surface area contributed by atoms with Gasteiger partial charge < -0.3 is 14.8 Å². The van der Waals surface area contributed by atoms with Gasteiger partial charge in [0.25, 0.3) is 0 Å². The molecule has 112 valence electrons. The van der Waals surface area contributed by atoms with Gasteiger partial charge in [-0.1, -0.05) is 0 Å². The molecule has 1 aromatic rings. The Kier molecular flexibility index (Phi) is 6.87. The molecule has 0 atom stereocenters. The van der Waals surface area contributed by atoms with E-state index < -0.39 is 0 Å². The smallest absolute Gasteiger partial charge is 0.234 e. The van der Waals surface area contributed by atoms with Crippen molar-refractivity contribution in [1.82, 2.24) is 10.2 Å². The van der Waals surface area contributed by atoms with Crippen LogP contribution >= 0.6 is 0 Å². The highest BCUT2D eigenvalue weighted by molar-refractivity contribution is 5.78. The number of methoxy groups -OCH3 is 1. The minimum atomic E-state index is 0.0342. The number of nitrogens with one attached hydrogen (secondary N) is 1. The van der Waals surface area contributed by atoms with Crippen LogP contribution in [-0.2, 0) is 4.79 Å². The number of carbonyl (C=O) groups excluding carboxylic acids is 1. The average molecular weight is 280 g/mol. The summed E-state index contributed by atoms with van der Waals surface area (Å²) in [6.45, 7) is 5.51. The molecule has 1 aromatic carbocycles. The van der Waals surface area contributed by atoms with Gasteiger partial charge in [-0.05, 0) is 45.2 Å². The van der Waals surface area contributed by atoms with Crippen LogP contribution in [0, 0.1) is 0 Å². The zero-order valence-electron chi connectivity index (χ0n) is 12.7. The number of benzene rings is 1. The SMILES string of the molecule is COc1ccc(OCCN(C)CC(=O)NC(C)C)cc1. The molecule has 5 heteroatoms. The van der Waals surface area contributed by atoms with E-state index in [2.05, 4.69) is 5.32 Å². The molecule has 0 fully saturated rings. The summed E-state index contributed by atoms with van der Waals surface area (Å²) < 4.78 is 10.7. The molecule has 0 radical (unpaired) electrons. The van der Waals surface area contributed by atoms with Gasteiger partial charge in [-0.25, -0.2) is 0 Å². The number of ether oxygens (including phenoxy) is 2. The molecule has 0 saturated heterocycles. The molecule has 5 nitrogen and oxygen atoms in total. The summed E-state index contributed by atoms with van der Waals surface area (Å²) >= 11 is 0. The van der Waals surface area contributed by atoms with Gasteiger partial charge in [-0.3, -0.25) is 9.69 Å². The third kappa shape index (κ3) is 6.43. The quantitative estimate of drug-likeness (QED) is 0.784. The number of hydrogen-bond donors (Lipinski definition) is 1. The Bertz CT molecular complexity index is 404. The number of nitrogens with zero attached hydrogens (tertiary/aromatic N) is 1. The minimum absolute atomic E-state index is 0.0342. The zero-order valence-corrected chi connectivity index (χ0v) is 12.7. The van der Waals surface area contributed by atoms with Crippen molar-refractivity contribution in [3.8, 4) is 11.5 Å². The van der Waals surface area contributed by atoms with Crippen molar-refractivity contribution in [2.75, 3.05) is 33.9 Å². The third-order valence-electron chi connectivity index (χ3n) is 2.66. The second kappa shape index (κ2) is 8.43. The monoisotopic (exact) mass is 280 g/mol. The predicted molar refractivity (Wildman–Crippen MR) is 79.3 cm³/mol. The van der Waals surface area contributed by atoms with E-state index in [4.69, 9.17) is 9.47 Å². The molecule has 0 spiro atoms. The first-order valence-corrected chi connectivity index (χ1v) is 6.76. The van der Waals surface area contributed by atoms with Crippen LogP contribution < -0.4 is 14.8 Å². The summed E-state index contributed by atoms with van der Waals surface area (Å²) in [5.41, 5.74) is 0. The molecule has 0 aliphatic heterocycles. The van der Waals surface area contributed by atoms with Gasteiger partial charge >= 0.3 is 0 Å². The second-order valence-corrected chi connectivity index (χ2v) is 4.98.